The number of sulfonamides is 1. The number of hydrogen-bond donors (Lipinski definition) is 0. The maximum Gasteiger partial charge on any atom is 0.285 e. The van der Waals surface area contributed by atoms with E-state index in [9.17, 15) is 8.42 Å². The molecule has 1 aliphatic rings. The van der Waals surface area contributed by atoms with Gasteiger partial charge in [-0.05, 0) is 31.9 Å². The Morgan fingerprint density at radius 3 is 2.47 bits per heavy atom. The number of aryl methyl sites for hydroxylation is 1. The number of hydrogen-bond acceptors (Lipinski definition) is 3. The molecule has 0 spiro atoms. The number of rotatable bonds is 2. The molecule has 1 aromatic carbocycles. The second kappa shape index (κ2) is 4.87. The maximum atomic E-state index is 11.9. The highest BCUT2D eigenvalue weighted by molar-refractivity contribution is 7.90. The fraction of sp³-hybridized carbons (Fsp3) is 0.417. The van der Waals surface area contributed by atoms with Crippen LogP contribution in [0, 0.1) is 6.92 Å². The van der Waals surface area contributed by atoms with Crippen LogP contribution in [0.25, 0.3) is 0 Å². The largest absolute Gasteiger partial charge is 0.480 e. The molecule has 0 amide bonds. The van der Waals surface area contributed by atoms with Crippen molar-refractivity contribution in [1.82, 2.24) is 0 Å². The molecule has 0 bridgehead atoms. The molecule has 1 heterocycles. The molecule has 1 saturated heterocycles. The molecule has 0 radical (unpaired) electrons. The molecular weight excluding hydrogens is 238 g/mol. The van der Waals surface area contributed by atoms with E-state index in [-0.39, 0.29) is 4.90 Å². The van der Waals surface area contributed by atoms with Gasteiger partial charge in [0, 0.05) is 6.42 Å². The van der Waals surface area contributed by atoms with Gasteiger partial charge in [-0.15, -0.1) is 4.40 Å². The SMILES string of the molecule is Cc1ccc(S(=O)(=O)N=C2CCCCO2)cc1. The van der Waals surface area contributed by atoms with Gasteiger partial charge in [0.15, 0.2) is 5.90 Å². The van der Waals surface area contributed by atoms with E-state index in [0.717, 1.165) is 18.4 Å². The van der Waals surface area contributed by atoms with Crippen LogP contribution in [0.1, 0.15) is 24.8 Å². The van der Waals surface area contributed by atoms with Gasteiger partial charge in [0.25, 0.3) is 10.0 Å². The average molecular weight is 253 g/mol. The van der Waals surface area contributed by atoms with Crippen LogP contribution in [0.3, 0.4) is 0 Å². The van der Waals surface area contributed by atoms with Crippen molar-refractivity contribution in [2.75, 3.05) is 6.61 Å². The fourth-order valence-corrected chi connectivity index (χ4v) is 2.61. The average Bonchev–Trinajstić information content (AvgIpc) is 2.30. The Balaban J connectivity index is 2.27. The van der Waals surface area contributed by atoms with Crippen LogP contribution in [0.15, 0.2) is 33.6 Å². The lowest BCUT2D eigenvalue weighted by molar-refractivity contribution is 0.261. The van der Waals surface area contributed by atoms with E-state index >= 15 is 0 Å². The minimum atomic E-state index is -3.61. The highest BCUT2D eigenvalue weighted by atomic mass is 32.2. The van der Waals surface area contributed by atoms with Gasteiger partial charge in [-0.1, -0.05) is 17.7 Å². The normalized spacial score (nSPS) is 19.0. The molecule has 0 N–H and O–H groups in total. The van der Waals surface area contributed by atoms with E-state index in [1.807, 2.05) is 6.92 Å². The predicted octanol–water partition coefficient (Wildman–Crippen LogP) is 2.28. The van der Waals surface area contributed by atoms with Gasteiger partial charge < -0.3 is 4.74 Å². The molecule has 1 aromatic rings. The number of ether oxygens (including phenoxy) is 1. The summed E-state index contributed by atoms with van der Waals surface area (Å²) in [4.78, 5) is 0.213. The van der Waals surface area contributed by atoms with Gasteiger partial charge in [0.2, 0.25) is 0 Å². The summed E-state index contributed by atoms with van der Waals surface area (Å²) in [5, 5.41) is 0. The minimum Gasteiger partial charge on any atom is -0.480 e. The summed E-state index contributed by atoms with van der Waals surface area (Å²) in [5.41, 5.74) is 1.02. The fourth-order valence-electron chi connectivity index (χ4n) is 1.61. The van der Waals surface area contributed by atoms with Gasteiger partial charge >= 0.3 is 0 Å². The van der Waals surface area contributed by atoms with Gasteiger partial charge in [0.1, 0.15) is 0 Å². The highest BCUT2D eigenvalue weighted by Crippen LogP contribution is 2.16. The summed E-state index contributed by atoms with van der Waals surface area (Å²) >= 11 is 0. The molecule has 4 nitrogen and oxygen atoms in total. The molecule has 5 heteroatoms. The summed E-state index contributed by atoms with van der Waals surface area (Å²) < 4.78 is 32.9. The second-order valence-corrected chi connectivity index (χ2v) is 5.68. The van der Waals surface area contributed by atoms with Crippen molar-refractivity contribution >= 4 is 15.9 Å². The summed E-state index contributed by atoms with van der Waals surface area (Å²) in [6.45, 7) is 2.47. The smallest absolute Gasteiger partial charge is 0.285 e. The molecule has 0 atom stereocenters. The quantitative estimate of drug-likeness (QED) is 0.812. The van der Waals surface area contributed by atoms with Crippen LogP contribution in [-0.2, 0) is 14.8 Å². The topological polar surface area (TPSA) is 55.7 Å². The minimum absolute atomic E-state index is 0.213. The summed E-state index contributed by atoms with van der Waals surface area (Å²) in [6.07, 6.45) is 2.50. The molecule has 0 aromatic heterocycles. The Bertz CT molecular complexity index is 509. The van der Waals surface area contributed by atoms with Gasteiger partial charge in [-0.2, -0.15) is 8.42 Å². The van der Waals surface area contributed by atoms with E-state index in [1.54, 1.807) is 24.3 Å². The van der Waals surface area contributed by atoms with Crippen LogP contribution >= 0.6 is 0 Å². The summed E-state index contributed by atoms with van der Waals surface area (Å²) in [7, 11) is -3.61. The van der Waals surface area contributed by atoms with Crippen LogP contribution in [-0.4, -0.2) is 20.9 Å². The van der Waals surface area contributed by atoms with Crippen molar-refractivity contribution in [2.24, 2.45) is 4.40 Å². The monoisotopic (exact) mass is 253 g/mol. The van der Waals surface area contributed by atoms with Crippen molar-refractivity contribution in [3.8, 4) is 0 Å². The number of benzene rings is 1. The first kappa shape index (κ1) is 12.1. The number of nitrogens with zero attached hydrogens (tertiary/aromatic N) is 1. The van der Waals surface area contributed by atoms with Gasteiger partial charge in [-0.25, -0.2) is 0 Å². The first-order valence-electron chi connectivity index (χ1n) is 5.61. The third kappa shape index (κ3) is 3.06. The zero-order valence-electron chi connectivity index (χ0n) is 9.72. The Kier molecular flexibility index (Phi) is 3.47. The third-order valence-corrected chi connectivity index (χ3v) is 3.91. The first-order valence-corrected chi connectivity index (χ1v) is 7.05. The van der Waals surface area contributed by atoms with Gasteiger partial charge in [-0.3, -0.25) is 0 Å². The third-order valence-electron chi connectivity index (χ3n) is 2.59. The van der Waals surface area contributed by atoms with Crippen molar-refractivity contribution in [2.45, 2.75) is 31.1 Å². The molecule has 92 valence electrons. The Morgan fingerprint density at radius 2 is 1.88 bits per heavy atom. The Morgan fingerprint density at radius 1 is 1.18 bits per heavy atom. The van der Waals surface area contributed by atoms with Crippen LogP contribution in [0.4, 0.5) is 0 Å². The van der Waals surface area contributed by atoms with E-state index in [0.29, 0.717) is 18.9 Å². The summed E-state index contributed by atoms with van der Waals surface area (Å²) in [6, 6.07) is 6.65. The molecule has 1 fully saturated rings. The van der Waals surface area contributed by atoms with Crippen LogP contribution < -0.4 is 0 Å². The lowest BCUT2D eigenvalue weighted by Gasteiger charge is -2.14. The molecule has 0 aliphatic carbocycles. The van der Waals surface area contributed by atoms with Crippen molar-refractivity contribution in [1.29, 1.82) is 0 Å². The van der Waals surface area contributed by atoms with E-state index in [1.165, 1.54) is 0 Å². The molecule has 0 saturated carbocycles. The predicted molar refractivity (Wildman–Crippen MR) is 65.6 cm³/mol. The van der Waals surface area contributed by atoms with Crippen molar-refractivity contribution in [3.05, 3.63) is 29.8 Å². The molecule has 17 heavy (non-hydrogen) atoms. The maximum absolute atomic E-state index is 11.9. The second-order valence-electron chi connectivity index (χ2n) is 4.08. The molecule has 1 aliphatic heterocycles. The first-order chi connectivity index (χ1) is 8.08. The highest BCUT2D eigenvalue weighted by Gasteiger charge is 2.16. The molecule has 2 rings (SSSR count). The Hall–Kier alpha value is -1.36. The zero-order valence-corrected chi connectivity index (χ0v) is 10.5. The molecular formula is C12H15NO3S. The summed E-state index contributed by atoms with van der Waals surface area (Å²) in [5.74, 6) is 0.330. The standard InChI is InChI=1S/C12H15NO3S/c1-10-5-7-11(8-6-10)17(14,15)13-12-4-2-3-9-16-12/h5-8H,2-4,9H2,1H3. The van der Waals surface area contributed by atoms with Crippen LogP contribution in [0.5, 0.6) is 0 Å². The van der Waals surface area contributed by atoms with Gasteiger partial charge in [0.05, 0.1) is 11.5 Å². The van der Waals surface area contributed by atoms with E-state index in [4.69, 9.17) is 4.74 Å². The molecule has 0 unspecified atom stereocenters. The Labute approximate surface area is 101 Å². The lowest BCUT2D eigenvalue weighted by atomic mass is 10.2. The van der Waals surface area contributed by atoms with Crippen molar-refractivity contribution < 1.29 is 13.2 Å². The van der Waals surface area contributed by atoms with Crippen LogP contribution in [0.2, 0.25) is 0 Å². The lowest BCUT2D eigenvalue weighted by Crippen LogP contribution is -2.14. The van der Waals surface area contributed by atoms with Crippen molar-refractivity contribution in [3.63, 3.8) is 0 Å². The van der Waals surface area contributed by atoms with E-state index < -0.39 is 10.0 Å². The van der Waals surface area contributed by atoms with E-state index in [2.05, 4.69) is 4.40 Å². The zero-order chi connectivity index (χ0) is 12.3.